The molecule has 3 nitrogen and oxygen atoms in total. The van der Waals surface area contributed by atoms with Crippen LogP contribution in [-0.2, 0) is 4.79 Å². The molecule has 0 aliphatic heterocycles. The summed E-state index contributed by atoms with van der Waals surface area (Å²) in [4.78, 5) is 16.7. The van der Waals surface area contributed by atoms with Crippen LogP contribution < -0.4 is 4.74 Å². The van der Waals surface area contributed by atoms with E-state index in [9.17, 15) is 4.79 Å². The molecule has 0 N–H and O–H groups in total. The maximum absolute atomic E-state index is 12.2. The number of aliphatic imine (C=N–C) groups is 1. The first-order valence-corrected chi connectivity index (χ1v) is 14.4. The molecular weight excluding hydrogens is 454 g/mol. The van der Waals surface area contributed by atoms with Gasteiger partial charge in [-0.15, -0.1) is 0 Å². The molecule has 0 bridgehead atoms. The number of rotatable bonds is 18. The fourth-order valence-corrected chi connectivity index (χ4v) is 4.55. The van der Waals surface area contributed by atoms with Gasteiger partial charge < -0.3 is 4.74 Å². The summed E-state index contributed by atoms with van der Waals surface area (Å²) >= 11 is 0. The lowest BCUT2D eigenvalue weighted by Crippen LogP contribution is -2.07. The Bertz CT molecular complexity index is 894. The molecule has 0 aromatic heterocycles. The molecule has 0 atom stereocenters. The molecule has 0 saturated heterocycles. The molecule has 5 radical (unpaired) electrons. The number of hydrogen-bond acceptors (Lipinski definition) is 3. The van der Waals surface area contributed by atoms with Gasteiger partial charge in [-0.1, -0.05) is 96.1 Å². The minimum Gasteiger partial charge on any atom is -0.427 e. The zero-order valence-corrected chi connectivity index (χ0v) is 22.7. The predicted octanol–water partition coefficient (Wildman–Crippen LogP) is 9.58. The van der Waals surface area contributed by atoms with Gasteiger partial charge in [0.1, 0.15) is 5.75 Å². The molecule has 1 fully saturated rings. The highest BCUT2D eigenvalue weighted by Gasteiger charge is 2.18. The van der Waals surface area contributed by atoms with Crippen LogP contribution in [-0.4, -0.2) is 12.2 Å². The molecule has 197 valence electrons. The van der Waals surface area contributed by atoms with Crippen LogP contribution in [0.25, 0.3) is 0 Å². The van der Waals surface area contributed by atoms with Crippen LogP contribution in [0.15, 0.2) is 53.5 Å². The molecule has 1 aliphatic carbocycles. The first-order chi connectivity index (χ1) is 18.2. The number of hydrogen-bond donors (Lipinski definition) is 0. The van der Waals surface area contributed by atoms with E-state index >= 15 is 0 Å². The van der Waals surface area contributed by atoms with Gasteiger partial charge in [-0.25, -0.2) is 0 Å². The van der Waals surface area contributed by atoms with Gasteiger partial charge in [0.2, 0.25) is 0 Å². The largest absolute Gasteiger partial charge is 0.427 e. The van der Waals surface area contributed by atoms with Gasteiger partial charge in [0.25, 0.3) is 0 Å². The third kappa shape index (κ3) is 12.1. The van der Waals surface area contributed by atoms with E-state index in [2.05, 4.69) is 36.9 Å². The summed E-state index contributed by atoms with van der Waals surface area (Å²) in [6.07, 6.45) is 27.5. The van der Waals surface area contributed by atoms with E-state index in [1.165, 1.54) is 82.1 Å². The van der Waals surface area contributed by atoms with E-state index in [0.717, 1.165) is 24.1 Å². The van der Waals surface area contributed by atoms with Crippen molar-refractivity contribution in [3.63, 3.8) is 0 Å². The molecule has 0 heterocycles. The van der Waals surface area contributed by atoms with Gasteiger partial charge in [0, 0.05) is 18.6 Å². The monoisotopic (exact) mass is 498 g/mol. The van der Waals surface area contributed by atoms with Crippen LogP contribution in [0.3, 0.4) is 0 Å². The average molecular weight is 499 g/mol. The predicted molar refractivity (Wildman–Crippen MR) is 156 cm³/mol. The number of nitrogens with zero attached hydrogens (tertiary/aromatic N) is 1. The van der Waals surface area contributed by atoms with Crippen molar-refractivity contribution in [2.24, 2.45) is 4.99 Å². The van der Waals surface area contributed by atoms with E-state index < -0.39 is 0 Å². The van der Waals surface area contributed by atoms with Crippen molar-refractivity contribution in [3.05, 3.63) is 91.3 Å². The van der Waals surface area contributed by atoms with Crippen molar-refractivity contribution in [3.8, 4) is 5.75 Å². The number of benzene rings is 2. The van der Waals surface area contributed by atoms with Crippen molar-refractivity contribution in [2.75, 3.05) is 0 Å². The van der Waals surface area contributed by atoms with Crippen molar-refractivity contribution >= 4 is 17.9 Å². The van der Waals surface area contributed by atoms with Crippen molar-refractivity contribution in [1.82, 2.24) is 0 Å². The van der Waals surface area contributed by atoms with Crippen LogP contribution >= 0.6 is 0 Å². The van der Waals surface area contributed by atoms with Crippen LogP contribution in [0, 0.1) is 31.6 Å². The van der Waals surface area contributed by atoms with Crippen LogP contribution in [0.5, 0.6) is 5.75 Å². The van der Waals surface area contributed by atoms with Crippen molar-refractivity contribution in [1.29, 1.82) is 0 Å². The van der Waals surface area contributed by atoms with Gasteiger partial charge in [-0.2, -0.15) is 0 Å². The smallest absolute Gasteiger partial charge is 0.311 e. The number of ether oxygens (including phenoxy) is 1. The summed E-state index contributed by atoms with van der Waals surface area (Å²) in [5.41, 5.74) is 3.06. The highest BCUT2D eigenvalue weighted by Crippen LogP contribution is 2.31. The van der Waals surface area contributed by atoms with Crippen LogP contribution in [0.2, 0.25) is 0 Å². The number of esters is 1. The Morgan fingerprint density at radius 1 is 0.703 bits per heavy atom. The van der Waals surface area contributed by atoms with Gasteiger partial charge in [0.15, 0.2) is 0 Å². The van der Waals surface area contributed by atoms with E-state index in [4.69, 9.17) is 4.74 Å². The summed E-state index contributed by atoms with van der Waals surface area (Å²) in [5.74, 6) is 1.67. The summed E-state index contributed by atoms with van der Waals surface area (Å²) < 4.78 is 5.50. The Morgan fingerprint density at radius 3 is 1.81 bits per heavy atom. The third-order valence-electron chi connectivity index (χ3n) is 6.82. The maximum atomic E-state index is 12.2. The topological polar surface area (TPSA) is 38.7 Å². The molecule has 3 rings (SSSR count). The first kappa shape index (κ1) is 29.1. The van der Waals surface area contributed by atoms with Gasteiger partial charge in [-0.05, 0) is 79.6 Å². The summed E-state index contributed by atoms with van der Waals surface area (Å²) in [6, 6.07) is 15.7. The summed E-state index contributed by atoms with van der Waals surface area (Å²) in [6.45, 7) is 2.27. The lowest BCUT2D eigenvalue weighted by atomic mass is 9.98. The minimum atomic E-state index is -0.144. The van der Waals surface area contributed by atoms with Gasteiger partial charge in [-0.3, -0.25) is 9.79 Å². The lowest BCUT2D eigenvalue weighted by Gasteiger charge is -2.07. The summed E-state index contributed by atoms with van der Waals surface area (Å²) in [5, 5.41) is 0. The second-order valence-electron chi connectivity index (χ2n) is 10.0. The Balaban J connectivity index is 1.22. The molecular formula is C34H44NO2. The second-order valence-corrected chi connectivity index (χ2v) is 10.0. The van der Waals surface area contributed by atoms with Crippen molar-refractivity contribution in [2.45, 2.75) is 96.8 Å². The molecule has 2 aromatic carbocycles. The van der Waals surface area contributed by atoms with Crippen molar-refractivity contribution < 1.29 is 9.53 Å². The van der Waals surface area contributed by atoms with Crippen LogP contribution in [0.4, 0.5) is 5.69 Å². The number of unbranched alkanes of at least 4 members (excludes halogenated alkanes) is 12. The quantitative estimate of drug-likeness (QED) is 0.0888. The first-order valence-electron chi connectivity index (χ1n) is 14.4. The standard InChI is InChI=1S/C34H44NO2/c1-2-3-4-5-6-7-8-9-10-11-12-13-14-19-34(36)37-33-26-20-29(21-27-33)28-35-32-24-22-31(23-25-32)30-17-15-16-18-30/h15-18,20-28H,2-14,19H2,1H3. The highest BCUT2D eigenvalue weighted by molar-refractivity contribution is 5.82. The molecule has 3 heteroatoms. The van der Waals surface area contributed by atoms with E-state index in [1.807, 2.05) is 55.5 Å². The highest BCUT2D eigenvalue weighted by atomic mass is 16.5. The molecule has 37 heavy (non-hydrogen) atoms. The van der Waals surface area contributed by atoms with E-state index in [-0.39, 0.29) is 5.97 Å². The maximum Gasteiger partial charge on any atom is 0.311 e. The van der Waals surface area contributed by atoms with E-state index in [1.54, 1.807) is 0 Å². The zero-order chi connectivity index (χ0) is 26.0. The molecule has 0 unspecified atom stereocenters. The Labute approximate surface area is 226 Å². The van der Waals surface area contributed by atoms with E-state index in [0.29, 0.717) is 12.2 Å². The summed E-state index contributed by atoms with van der Waals surface area (Å²) in [7, 11) is 0. The SMILES string of the molecule is CCCCCCCCCCCCCCCC(=O)Oc1ccc(C=Nc2ccc([C]3[CH][CH][CH][CH]3)cc2)cc1. The minimum absolute atomic E-state index is 0.144. The number of carbonyl (C=O) groups is 1. The Morgan fingerprint density at radius 2 is 1.24 bits per heavy atom. The lowest BCUT2D eigenvalue weighted by molar-refractivity contribution is -0.134. The molecule has 2 aromatic rings. The van der Waals surface area contributed by atoms with Gasteiger partial charge in [0.05, 0.1) is 5.69 Å². The Hall–Kier alpha value is -2.42. The van der Waals surface area contributed by atoms with Gasteiger partial charge >= 0.3 is 5.97 Å². The zero-order valence-electron chi connectivity index (χ0n) is 22.7. The third-order valence-corrected chi connectivity index (χ3v) is 6.82. The molecule has 0 amide bonds. The second kappa shape index (κ2) is 17.9. The normalized spacial score (nSPS) is 14.0. The molecule has 0 spiro atoms. The number of carbonyl (C=O) groups excluding carboxylic acids is 1. The van der Waals surface area contributed by atoms with Crippen LogP contribution in [0.1, 0.15) is 108 Å². The molecule has 1 saturated carbocycles. The Kier molecular flexibility index (Phi) is 14.1. The molecule has 1 aliphatic rings. The average Bonchev–Trinajstić information content (AvgIpc) is 3.46. The fraction of sp³-hybridized carbons (Fsp3) is 0.441. The fourth-order valence-electron chi connectivity index (χ4n) is 4.55.